The lowest BCUT2D eigenvalue weighted by molar-refractivity contribution is -0.274. The van der Waals surface area contributed by atoms with Crippen molar-refractivity contribution in [1.82, 2.24) is 0 Å². The second kappa shape index (κ2) is 4.09. The molecule has 0 radical (unpaired) electrons. The fraction of sp³-hybridized carbons (Fsp3) is 0.125. The Hall–Kier alpha value is -1.24. The summed E-state index contributed by atoms with van der Waals surface area (Å²) in [7, 11) is 0. The zero-order valence-electron chi connectivity index (χ0n) is 7.01. The van der Waals surface area contributed by atoms with Crippen molar-refractivity contribution >= 4 is 21.9 Å². The molecule has 0 aliphatic carbocycles. The third-order valence-electron chi connectivity index (χ3n) is 1.41. The molecule has 0 unspecified atom stereocenters. The lowest BCUT2D eigenvalue weighted by Crippen LogP contribution is -2.19. The van der Waals surface area contributed by atoms with Gasteiger partial charge in [0, 0.05) is 4.47 Å². The first kappa shape index (κ1) is 11.8. The van der Waals surface area contributed by atoms with Crippen LogP contribution in [0.15, 0.2) is 22.7 Å². The zero-order valence-corrected chi connectivity index (χ0v) is 8.59. The smallest absolute Gasteiger partial charge is 0.478 e. The fourth-order valence-corrected chi connectivity index (χ4v) is 1.44. The lowest BCUT2D eigenvalue weighted by Gasteiger charge is -2.11. The van der Waals surface area contributed by atoms with Crippen LogP contribution in [0.3, 0.4) is 0 Å². The quantitative estimate of drug-likeness (QED) is 0.908. The van der Waals surface area contributed by atoms with Crippen molar-refractivity contribution in [2.75, 3.05) is 0 Å². The molecule has 0 fully saturated rings. The molecule has 0 aromatic heterocycles. The number of halogens is 4. The number of carboxylic acids is 1. The van der Waals surface area contributed by atoms with E-state index < -0.39 is 23.6 Å². The van der Waals surface area contributed by atoms with Crippen LogP contribution in [0.5, 0.6) is 5.75 Å². The average Bonchev–Trinajstić information content (AvgIpc) is 1.99. The van der Waals surface area contributed by atoms with E-state index in [9.17, 15) is 18.0 Å². The molecule has 0 aliphatic heterocycles. The molecule has 7 heteroatoms. The van der Waals surface area contributed by atoms with Crippen molar-refractivity contribution in [1.29, 1.82) is 0 Å². The maximum absolute atomic E-state index is 11.9. The number of ether oxygens (including phenoxy) is 1. The van der Waals surface area contributed by atoms with Crippen molar-refractivity contribution in [3.63, 3.8) is 0 Å². The minimum absolute atomic E-state index is 0.0248. The molecular formula is C8H4BrF3O3. The van der Waals surface area contributed by atoms with E-state index in [1.54, 1.807) is 0 Å². The first-order valence-electron chi connectivity index (χ1n) is 3.59. The zero-order chi connectivity index (χ0) is 11.6. The van der Waals surface area contributed by atoms with Gasteiger partial charge in [-0.3, -0.25) is 0 Å². The van der Waals surface area contributed by atoms with Gasteiger partial charge in [0.15, 0.2) is 0 Å². The minimum Gasteiger partial charge on any atom is -0.478 e. The maximum Gasteiger partial charge on any atom is 0.573 e. The molecule has 1 N–H and O–H groups in total. The van der Waals surface area contributed by atoms with Gasteiger partial charge in [-0.25, -0.2) is 4.79 Å². The fourth-order valence-electron chi connectivity index (χ4n) is 0.922. The normalized spacial score (nSPS) is 11.2. The van der Waals surface area contributed by atoms with Crippen molar-refractivity contribution in [2.45, 2.75) is 6.36 Å². The molecule has 0 spiro atoms. The van der Waals surface area contributed by atoms with Gasteiger partial charge in [-0.2, -0.15) is 0 Å². The van der Waals surface area contributed by atoms with Crippen molar-refractivity contribution in [3.05, 3.63) is 28.2 Å². The van der Waals surface area contributed by atoms with Gasteiger partial charge in [-0.15, -0.1) is 13.2 Å². The highest BCUT2D eigenvalue weighted by atomic mass is 79.9. The molecule has 1 aromatic rings. The van der Waals surface area contributed by atoms with Crippen LogP contribution < -0.4 is 4.74 Å². The van der Waals surface area contributed by atoms with Gasteiger partial charge in [0.2, 0.25) is 0 Å². The largest absolute Gasteiger partial charge is 0.573 e. The van der Waals surface area contributed by atoms with E-state index in [0.717, 1.165) is 6.07 Å². The van der Waals surface area contributed by atoms with Crippen LogP contribution in [0.25, 0.3) is 0 Å². The number of aromatic carboxylic acids is 1. The number of rotatable bonds is 2. The Morgan fingerprint density at radius 3 is 2.47 bits per heavy atom. The molecule has 82 valence electrons. The summed E-state index contributed by atoms with van der Waals surface area (Å²) >= 11 is 2.83. The summed E-state index contributed by atoms with van der Waals surface area (Å²) in [6, 6.07) is 3.49. The van der Waals surface area contributed by atoms with Gasteiger partial charge < -0.3 is 9.84 Å². The topological polar surface area (TPSA) is 46.5 Å². The first-order chi connectivity index (χ1) is 6.81. The van der Waals surface area contributed by atoms with E-state index in [2.05, 4.69) is 20.7 Å². The van der Waals surface area contributed by atoms with E-state index >= 15 is 0 Å². The third-order valence-corrected chi connectivity index (χ3v) is 2.08. The van der Waals surface area contributed by atoms with Crippen LogP contribution in [0.4, 0.5) is 13.2 Å². The van der Waals surface area contributed by atoms with Gasteiger partial charge in [-0.1, -0.05) is 6.07 Å². The number of carbonyl (C=O) groups is 1. The molecule has 3 nitrogen and oxygen atoms in total. The summed E-state index contributed by atoms with van der Waals surface area (Å²) in [6.07, 6.45) is -4.91. The van der Waals surface area contributed by atoms with Crippen LogP contribution in [-0.4, -0.2) is 17.4 Å². The van der Waals surface area contributed by atoms with Crippen molar-refractivity contribution in [3.8, 4) is 5.75 Å². The lowest BCUT2D eigenvalue weighted by atomic mass is 10.2. The van der Waals surface area contributed by atoms with Crippen LogP contribution in [0.2, 0.25) is 0 Å². The summed E-state index contributed by atoms with van der Waals surface area (Å²) in [6.45, 7) is 0. The number of benzene rings is 1. The molecule has 0 saturated carbocycles. The van der Waals surface area contributed by atoms with Crippen molar-refractivity contribution < 1.29 is 27.8 Å². The second-order valence-electron chi connectivity index (χ2n) is 2.47. The Morgan fingerprint density at radius 2 is 2.00 bits per heavy atom. The summed E-state index contributed by atoms with van der Waals surface area (Å²) < 4.78 is 39.2. The maximum atomic E-state index is 11.9. The highest BCUT2D eigenvalue weighted by Crippen LogP contribution is 2.31. The summed E-state index contributed by atoms with van der Waals surface area (Å²) in [5, 5.41) is 8.67. The molecule has 0 aliphatic rings. The van der Waals surface area contributed by atoms with Gasteiger partial charge >= 0.3 is 12.3 Å². The molecule has 0 heterocycles. The molecule has 0 atom stereocenters. The Kier molecular flexibility index (Phi) is 3.23. The van der Waals surface area contributed by atoms with E-state index in [1.165, 1.54) is 12.1 Å². The predicted octanol–water partition coefficient (Wildman–Crippen LogP) is 3.05. The summed E-state index contributed by atoms with van der Waals surface area (Å²) in [5.41, 5.74) is -0.560. The van der Waals surface area contributed by atoms with E-state index in [-0.39, 0.29) is 4.47 Å². The van der Waals surface area contributed by atoms with Gasteiger partial charge in [-0.05, 0) is 28.1 Å². The van der Waals surface area contributed by atoms with Gasteiger partial charge in [0.25, 0.3) is 0 Å². The van der Waals surface area contributed by atoms with Gasteiger partial charge in [0.05, 0.1) is 0 Å². The molecule has 0 bridgehead atoms. The summed E-state index contributed by atoms with van der Waals surface area (Å²) in [4.78, 5) is 10.7. The standard InChI is InChI=1S/C8H4BrF3O3/c9-4-2-1-3-5(6(4)7(13)14)15-8(10,11)12/h1-3H,(H,13,14). The molecule has 0 amide bonds. The number of carboxylic acid groups (broad SMARTS) is 1. The number of hydrogen-bond donors (Lipinski definition) is 1. The highest BCUT2D eigenvalue weighted by molar-refractivity contribution is 9.10. The summed E-state index contributed by atoms with van der Waals surface area (Å²) in [5.74, 6) is -2.24. The van der Waals surface area contributed by atoms with Crippen molar-refractivity contribution in [2.24, 2.45) is 0 Å². The number of alkyl halides is 3. The van der Waals surface area contributed by atoms with E-state index in [1.807, 2.05) is 0 Å². The first-order valence-corrected chi connectivity index (χ1v) is 4.38. The number of hydrogen-bond acceptors (Lipinski definition) is 2. The predicted molar refractivity (Wildman–Crippen MR) is 47.8 cm³/mol. The highest BCUT2D eigenvalue weighted by Gasteiger charge is 2.33. The molecule has 0 saturated heterocycles. The Labute approximate surface area is 90.6 Å². The Bertz CT molecular complexity index is 389. The molecular weight excluding hydrogens is 281 g/mol. The Morgan fingerprint density at radius 1 is 1.40 bits per heavy atom. The van der Waals surface area contributed by atoms with Gasteiger partial charge in [0.1, 0.15) is 11.3 Å². The van der Waals surface area contributed by atoms with Crippen LogP contribution >= 0.6 is 15.9 Å². The second-order valence-corrected chi connectivity index (χ2v) is 3.32. The van der Waals surface area contributed by atoms with E-state index in [0.29, 0.717) is 0 Å². The Balaban J connectivity index is 3.18. The van der Waals surface area contributed by atoms with Crippen LogP contribution in [0, 0.1) is 0 Å². The SMILES string of the molecule is O=C(O)c1c(Br)cccc1OC(F)(F)F. The van der Waals surface area contributed by atoms with E-state index in [4.69, 9.17) is 5.11 Å². The monoisotopic (exact) mass is 284 g/mol. The van der Waals surface area contributed by atoms with Crippen LogP contribution in [0.1, 0.15) is 10.4 Å². The third kappa shape index (κ3) is 3.12. The van der Waals surface area contributed by atoms with Crippen LogP contribution in [-0.2, 0) is 0 Å². The average molecular weight is 285 g/mol. The molecule has 1 rings (SSSR count). The minimum atomic E-state index is -4.91. The molecule has 1 aromatic carbocycles. The molecule has 15 heavy (non-hydrogen) atoms.